The molecule has 1 aromatic carbocycles. The van der Waals surface area contributed by atoms with Gasteiger partial charge in [-0.15, -0.1) is 0 Å². The highest BCUT2D eigenvalue weighted by atomic mass is 16.5. The summed E-state index contributed by atoms with van der Waals surface area (Å²) in [5.41, 5.74) is 1.26. The summed E-state index contributed by atoms with van der Waals surface area (Å²) in [4.78, 5) is 9.22. The third-order valence-electron chi connectivity index (χ3n) is 4.33. The predicted molar refractivity (Wildman–Crippen MR) is 90.9 cm³/mol. The normalized spacial score (nSPS) is 18.5. The van der Waals surface area contributed by atoms with Gasteiger partial charge >= 0.3 is 0 Å². The largest absolute Gasteiger partial charge is 0.338 e. The van der Waals surface area contributed by atoms with E-state index in [-0.39, 0.29) is 6.04 Å². The minimum atomic E-state index is 0.193. The lowest BCUT2D eigenvalue weighted by Crippen LogP contribution is -2.47. The average molecular weight is 312 g/mol. The van der Waals surface area contributed by atoms with Gasteiger partial charge in [-0.25, -0.2) is 0 Å². The minimum absolute atomic E-state index is 0.193. The quantitative estimate of drug-likeness (QED) is 0.849. The van der Waals surface area contributed by atoms with Gasteiger partial charge in [-0.05, 0) is 19.4 Å². The predicted octanol–water partition coefficient (Wildman–Crippen LogP) is 2.77. The molecule has 1 atom stereocenters. The summed E-state index contributed by atoms with van der Waals surface area (Å²) in [6, 6.07) is 10.6. The fourth-order valence-corrected chi connectivity index (χ4v) is 2.87. The molecule has 122 valence electrons. The van der Waals surface area contributed by atoms with Gasteiger partial charge in [0.05, 0.1) is 6.04 Å². The van der Waals surface area contributed by atoms with Gasteiger partial charge < -0.3 is 4.52 Å². The highest BCUT2D eigenvalue weighted by Gasteiger charge is 2.24. The van der Waals surface area contributed by atoms with E-state index >= 15 is 0 Å². The van der Waals surface area contributed by atoms with Gasteiger partial charge in [-0.1, -0.05) is 47.6 Å². The van der Waals surface area contributed by atoms with Crippen molar-refractivity contribution < 1.29 is 4.52 Å². The van der Waals surface area contributed by atoms with Crippen LogP contribution in [0.3, 0.4) is 0 Å². The molecule has 1 aliphatic heterocycles. The molecule has 1 aromatic heterocycles. The van der Waals surface area contributed by atoms with Crippen molar-refractivity contribution in [1.82, 2.24) is 19.9 Å². The summed E-state index contributed by atoms with van der Waals surface area (Å²) < 4.78 is 5.29. The zero-order chi connectivity index (χ0) is 16.1. The van der Waals surface area contributed by atoms with Crippen LogP contribution in [0.2, 0.25) is 0 Å². The van der Waals surface area contributed by atoms with Crippen molar-refractivity contribution in [2.75, 3.05) is 32.7 Å². The molecule has 0 bridgehead atoms. The summed E-state index contributed by atoms with van der Waals surface area (Å²) in [5.74, 6) is 1.43. The molecule has 1 aliphatic rings. The number of nitrogens with zero attached hydrogens (tertiary/aromatic N) is 4. The first kappa shape index (κ1) is 15.9. The van der Waals surface area contributed by atoms with Crippen LogP contribution in [0.15, 0.2) is 40.9 Å². The Morgan fingerprint density at radius 3 is 2.57 bits per heavy atom. The Balaban J connectivity index is 1.46. The van der Waals surface area contributed by atoms with Gasteiger partial charge in [0.1, 0.15) is 0 Å². The molecule has 5 nitrogen and oxygen atoms in total. The van der Waals surface area contributed by atoms with Crippen LogP contribution in [0.1, 0.15) is 30.2 Å². The molecule has 0 saturated carbocycles. The number of hydrogen-bond donors (Lipinski definition) is 0. The summed E-state index contributed by atoms with van der Waals surface area (Å²) in [7, 11) is 0. The maximum absolute atomic E-state index is 5.29. The molecule has 2 heterocycles. The second kappa shape index (κ2) is 7.53. The Bertz CT molecular complexity index is 629. The van der Waals surface area contributed by atoms with Crippen LogP contribution in [-0.2, 0) is 0 Å². The Labute approximate surface area is 137 Å². The first-order chi connectivity index (χ1) is 11.2. The van der Waals surface area contributed by atoms with Crippen molar-refractivity contribution in [3.05, 3.63) is 53.7 Å². The molecule has 0 amide bonds. The molecule has 0 radical (unpaired) electrons. The summed E-state index contributed by atoms with van der Waals surface area (Å²) >= 11 is 0. The van der Waals surface area contributed by atoms with Gasteiger partial charge in [-0.3, -0.25) is 9.80 Å². The maximum Gasteiger partial charge on any atom is 0.243 e. The van der Waals surface area contributed by atoms with Crippen molar-refractivity contribution in [2.45, 2.75) is 19.9 Å². The summed E-state index contributed by atoms with van der Waals surface area (Å²) in [6.45, 7) is 9.18. The highest BCUT2D eigenvalue weighted by molar-refractivity contribution is 5.48. The van der Waals surface area contributed by atoms with E-state index in [1.54, 1.807) is 0 Å². The molecular weight excluding hydrogens is 288 g/mol. The molecule has 0 spiro atoms. The van der Waals surface area contributed by atoms with Gasteiger partial charge in [0.2, 0.25) is 5.89 Å². The molecule has 0 N–H and O–H groups in total. The van der Waals surface area contributed by atoms with Gasteiger partial charge in [0.25, 0.3) is 0 Å². The minimum Gasteiger partial charge on any atom is -0.338 e. The number of hydrogen-bond acceptors (Lipinski definition) is 5. The second-order valence-corrected chi connectivity index (χ2v) is 6.01. The smallest absolute Gasteiger partial charge is 0.243 e. The molecule has 3 rings (SSSR count). The van der Waals surface area contributed by atoms with E-state index in [2.05, 4.69) is 63.3 Å². The van der Waals surface area contributed by atoms with Crippen molar-refractivity contribution in [1.29, 1.82) is 0 Å². The van der Waals surface area contributed by atoms with Crippen LogP contribution < -0.4 is 0 Å². The van der Waals surface area contributed by atoms with E-state index in [4.69, 9.17) is 4.52 Å². The van der Waals surface area contributed by atoms with Gasteiger partial charge in [0, 0.05) is 32.7 Å². The van der Waals surface area contributed by atoms with Crippen LogP contribution in [0.4, 0.5) is 0 Å². The third-order valence-corrected chi connectivity index (χ3v) is 4.33. The SMILES string of the molecule is Cc1noc(C(C)N2CCN(CC=Cc3ccccc3)CC2)n1. The maximum atomic E-state index is 5.29. The van der Waals surface area contributed by atoms with E-state index in [1.165, 1.54) is 5.56 Å². The van der Waals surface area contributed by atoms with E-state index in [0.29, 0.717) is 5.82 Å². The Hall–Kier alpha value is -1.98. The second-order valence-electron chi connectivity index (χ2n) is 6.01. The third kappa shape index (κ3) is 4.27. The molecule has 23 heavy (non-hydrogen) atoms. The van der Waals surface area contributed by atoms with Crippen molar-refractivity contribution >= 4 is 6.08 Å². The van der Waals surface area contributed by atoms with E-state index < -0.39 is 0 Å². The van der Waals surface area contributed by atoms with Crippen LogP contribution in [0.25, 0.3) is 6.08 Å². The number of aryl methyl sites for hydroxylation is 1. The molecule has 2 aromatic rings. The summed E-state index contributed by atoms with van der Waals surface area (Å²) in [6.07, 6.45) is 4.44. The molecule has 1 fully saturated rings. The molecule has 0 aliphatic carbocycles. The van der Waals surface area contributed by atoms with Gasteiger partial charge in [-0.2, -0.15) is 4.98 Å². The zero-order valence-corrected chi connectivity index (χ0v) is 13.9. The molecular formula is C18H24N4O. The lowest BCUT2D eigenvalue weighted by molar-refractivity contribution is 0.0947. The fourth-order valence-electron chi connectivity index (χ4n) is 2.87. The van der Waals surface area contributed by atoms with E-state index in [0.717, 1.165) is 38.6 Å². The number of benzene rings is 1. The van der Waals surface area contributed by atoms with E-state index in [9.17, 15) is 0 Å². The van der Waals surface area contributed by atoms with Crippen LogP contribution in [0.5, 0.6) is 0 Å². The molecule has 1 saturated heterocycles. The zero-order valence-electron chi connectivity index (χ0n) is 13.9. The highest BCUT2D eigenvalue weighted by Crippen LogP contribution is 2.19. The number of piperazine rings is 1. The van der Waals surface area contributed by atoms with Crippen molar-refractivity contribution in [3.8, 4) is 0 Å². The first-order valence-corrected chi connectivity index (χ1v) is 8.20. The summed E-state index contributed by atoms with van der Waals surface area (Å²) in [5, 5.41) is 3.88. The first-order valence-electron chi connectivity index (χ1n) is 8.20. The van der Waals surface area contributed by atoms with Crippen LogP contribution in [0, 0.1) is 6.92 Å². The Morgan fingerprint density at radius 2 is 1.91 bits per heavy atom. The van der Waals surface area contributed by atoms with Gasteiger partial charge in [0.15, 0.2) is 5.82 Å². The Kier molecular flexibility index (Phi) is 5.20. The van der Waals surface area contributed by atoms with Crippen molar-refractivity contribution in [3.63, 3.8) is 0 Å². The Morgan fingerprint density at radius 1 is 1.17 bits per heavy atom. The van der Waals surface area contributed by atoms with Crippen molar-refractivity contribution in [2.24, 2.45) is 0 Å². The fraction of sp³-hybridized carbons (Fsp3) is 0.444. The van der Waals surface area contributed by atoms with Crippen LogP contribution >= 0.6 is 0 Å². The molecule has 5 heteroatoms. The number of aromatic nitrogens is 2. The standard InChI is InChI=1S/C18H24N4O/c1-15(18-19-16(2)20-23-18)22-13-11-21(12-14-22)10-6-9-17-7-4-3-5-8-17/h3-9,15H,10-14H2,1-2H3. The number of rotatable bonds is 5. The van der Waals surface area contributed by atoms with Crippen LogP contribution in [-0.4, -0.2) is 52.7 Å². The lowest BCUT2D eigenvalue weighted by atomic mass is 10.2. The van der Waals surface area contributed by atoms with E-state index in [1.807, 2.05) is 13.0 Å². The monoisotopic (exact) mass is 312 g/mol. The lowest BCUT2D eigenvalue weighted by Gasteiger charge is -2.36. The average Bonchev–Trinajstić information content (AvgIpc) is 3.02. The molecule has 1 unspecified atom stereocenters. The topological polar surface area (TPSA) is 45.4 Å².